The highest BCUT2D eigenvalue weighted by atomic mass is 35.5. The molecule has 1 rings (SSSR count). The maximum absolute atomic E-state index is 6.29. The van der Waals surface area contributed by atoms with Crippen molar-refractivity contribution >= 4 is 11.6 Å². The van der Waals surface area contributed by atoms with Crippen LogP contribution in [0, 0.1) is 11.8 Å². The molecule has 1 aliphatic heterocycles. The molecule has 0 radical (unpaired) electrons. The van der Waals surface area contributed by atoms with Crippen LogP contribution in [-0.2, 0) is 4.74 Å². The molecule has 15 heavy (non-hydrogen) atoms. The third-order valence-electron chi connectivity index (χ3n) is 2.99. The number of halogens is 1. The van der Waals surface area contributed by atoms with Gasteiger partial charge in [0.1, 0.15) is 0 Å². The molecule has 0 aromatic carbocycles. The predicted molar refractivity (Wildman–Crippen MR) is 66.5 cm³/mol. The SMILES string of the molecule is CC(C)CC1(CC(C)C)CC(Cl)CCO1. The zero-order valence-corrected chi connectivity index (χ0v) is 11.3. The third-order valence-corrected chi connectivity index (χ3v) is 3.37. The fourth-order valence-corrected chi connectivity index (χ4v) is 3.19. The van der Waals surface area contributed by atoms with Crippen molar-refractivity contribution in [2.45, 2.75) is 64.4 Å². The van der Waals surface area contributed by atoms with Gasteiger partial charge >= 0.3 is 0 Å². The maximum atomic E-state index is 6.29. The lowest BCUT2D eigenvalue weighted by molar-refractivity contribution is -0.100. The van der Waals surface area contributed by atoms with Crippen molar-refractivity contribution in [1.29, 1.82) is 0 Å². The van der Waals surface area contributed by atoms with Crippen LogP contribution in [0.3, 0.4) is 0 Å². The molecule has 0 spiro atoms. The number of rotatable bonds is 4. The molecule has 1 saturated heterocycles. The highest BCUT2D eigenvalue weighted by Gasteiger charge is 2.37. The van der Waals surface area contributed by atoms with Gasteiger partial charge in [0.2, 0.25) is 0 Å². The second-order valence-corrected chi connectivity index (χ2v) is 6.43. The van der Waals surface area contributed by atoms with Crippen LogP contribution in [0.5, 0.6) is 0 Å². The summed E-state index contributed by atoms with van der Waals surface area (Å²) < 4.78 is 6.07. The molecule has 0 aliphatic carbocycles. The molecular weight excluding hydrogens is 208 g/mol. The summed E-state index contributed by atoms with van der Waals surface area (Å²) in [6.07, 6.45) is 4.34. The van der Waals surface area contributed by atoms with Crippen molar-refractivity contribution in [1.82, 2.24) is 0 Å². The van der Waals surface area contributed by atoms with Crippen molar-refractivity contribution < 1.29 is 4.74 Å². The van der Waals surface area contributed by atoms with Crippen LogP contribution in [0.1, 0.15) is 53.4 Å². The normalized spacial score (nSPS) is 26.2. The molecule has 1 heterocycles. The molecule has 0 aromatic rings. The third kappa shape index (κ3) is 4.32. The van der Waals surface area contributed by atoms with Crippen molar-refractivity contribution in [3.05, 3.63) is 0 Å². The second kappa shape index (κ2) is 5.54. The van der Waals surface area contributed by atoms with Crippen LogP contribution in [0.15, 0.2) is 0 Å². The van der Waals surface area contributed by atoms with E-state index in [1.54, 1.807) is 0 Å². The minimum Gasteiger partial charge on any atom is -0.375 e. The zero-order valence-electron chi connectivity index (χ0n) is 10.6. The van der Waals surface area contributed by atoms with E-state index in [9.17, 15) is 0 Å². The van der Waals surface area contributed by atoms with E-state index in [1.807, 2.05) is 0 Å². The minimum atomic E-state index is 0.0625. The first-order valence-corrected chi connectivity index (χ1v) is 6.65. The predicted octanol–water partition coefficient (Wildman–Crippen LogP) is 4.24. The van der Waals surface area contributed by atoms with Gasteiger partial charge in [0.25, 0.3) is 0 Å². The van der Waals surface area contributed by atoms with E-state index in [0.29, 0.717) is 17.2 Å². The molecule has 1 fully saturated rings. The van der Waals surface area contributed by atoms with Crippen molar-refractivity contribution in [3.63, 3.8) is 0 Å². The Bertz CT molecular complexity index is 173. The first-order valence-electron chi connectivity index (χ1n) is 6.21. The van der Waals surface area contributed by atoms with Gasteiger partial charge in [-0.05, 0) is 37.5 Å². The average Bonchev–Trinajstić information content (AvgIpc) is 1.99. The molecule has 1 unspecified atom stereocenters. The molecule has 1 aliphatic rings. The Balaban J connectivity index is 2.65. The van der Waals surface area contributed by atoms with Crippen LogP contribution >= 0.6 is 11.6 Å². The topological polar surface area (TPSA) is 9.23 Å². The standard InChI is InChI=1S/C13H25ClO/c1-10(2)7-13(8-11(3)4)9-12(14)5-6-15-13/h10-12H,5-9H2,1-4H3. The van der Waals surface area contributed by atoms with E-state index in [4.69, 9.17) is 16.3 Å². The Morgan fingerprint density at radius 3 is 2.13 bits per heavy atom. The maximum Gasteiger partial charge on any atom is 0.0701 e. The second-order valence-electron chi connectivity index (χ2n) is 5.82. The smallest absolute Gasteiger partial charge is 0.0701 e. The molecule has 2 heteroatoms. The van der Waals surface area contributed by atoms with E-state index in [2.05, 4.69) is 27.7 Å². The molecule has 0 bridgehead atoms. The van der Waals surface area contributed by atoms with E-state index in [-0.39, 0.29) is 5.60 Å². The number of hydrogen-bond acceptors (Lipinski definition) is 1. The quantitative estimate of drug-likeness (QED) is 0.659. The lowest BCUT2D eigenvalue weighted by Crippen LogP contribution is -2.42. The summed E-state index contributed by atoms with van der Waals surface area (Å²) in [6.45, 7) is 9.91. The van der Waals surface area contributed by atoms with Crippen molar-refractivity contribution in [2.24, 2.45) is 11.8 Å². The number of hydrogen-bond donors (Lipinski definition) is 0. The number of alkyl halides is 1. The molecule has 0 saturated carbocycles. The van der Waals surface area contributed by atoms with Gasteiger partial charge in [0.15, 0.2) is 0 Å². The summed E-state index contributed by atoms with van der Waals surface area (Å²) in [4.78, 5) is 0. The molecule has 1 nitrogen and oxygen atoms in total. The minimum absolute atomic E-state index is 0.0625. The first kappa shape index (κ1) is 13.3. The fraction of sp³-hybridized carbons (Fsp3) is 1.00. The van der Waals surface area contributed by atoms with Gasteiger partial charge in [-0.15, -0.1) is 11.6 Å². The van der Waals surface area contributed by atoms with E-state index in [0.717, 1.165) is 32.3 Å². The van der Waals surface area contributed by atoms with Crippen LogP contribution in [-0.4, -0.2) is 17.6 Å². The van der Waals surface area contributed by atoms with Crippen LogP contribution in [0.2, 0.25) is 0 Å². The molecular formula is C13H25ClO. The van der Waals surface area contributed by atoms with Crippen molar-refractivity contribution in [2.75, 3.05) is 6.61 Å². The zero-order chi connectivity index (χ0) is 11.5. The summed E-state index contributed by atoms with van der Waals surface area (Å²) in [7, 11) is 0. The molecule has 0 aromatic heterocycles. The Labute approximate surface area is 99.5 Å². The van der Waals surface area contributed by atoms with Gasteiger partial charge in [0, 0.05) is 12.0 Å². The highest BCUT2D eigenvalue weighted by molar-refractivity contribution is 6.20. The summed E-state index contributed by atoms with van der Waals surface area (Å²) in [6, 6.07) is 0. The Hall–Kier alpha value is 0.250. The summed E-state index contributed by atoms with van der Waals surface area (Å²) >= 11 is 6.29. The van der Waals surface area contributed by atoms with E-state index in [1.165, 1.54) is 0 Å². The Kier molecular flexibility index (Phi) is 4.92. The number of ether oxygens (including phenoxy) is 1. The summed E-state index contributed by atoms with van der Waals surface area (Å²) in [5.41, 5.74) is 0.0625. The molecule has 1 atom stereocenters. The summed E-state index contributed by atoms with van der Waals surface area (Å²) in [5, 5.41) is 0.316. The van der Waals surface area contributed by atoms with Gasteiger partial charge in [0.05, 0.1) is 5.60 Å². The van der Waals surface area contributed by atoms with E-state index < -0.39 is 0 Å². The summed E-state index contributed by atoms with van der Waals surface area (Å²) in [5.74, 6) is 1.37. The molecule has 90 valence electrons. The lowest BCUT2D eigenvalue weighted by Gasteiger charge is -2.41. The van der Waals surface area contributed by atoms with Crippen LogP contribution in [0.4, 0.5) is 0 Å². The van der Waals surface area contributed by atoms with Crippen molar-refractivity contribution in [3.8, 4) is 0 Å². The molecule has 0 N–H and O–H groups in total. The van der Waals surface area contributed by atoms with E-state index >= 15 is 0 Å². The highest BCUT2D eigenvalue weighted by Crippen LogP contribution is 2.38. The van der Waals surface area contributed by atoms with Gasteiger partial charge in [-0.3, -0.25) is 0 Å². The van der Waals surface area contributed by atoms with Crippen LogP contribution < -0.4 is 0 Å². The average molecular weight is 233 g/mol. The van der Waals surface area contributed by atoms with Crippen LogP contribution in [0.25, 0.3) is 0 Å². The lowest BCUT2D eigenvalue weighted by atomic mass is 9.80. The van der Waals surface area contributed by atoms with Gasteiger partial charge in [-0.1, -0.05) is 27.7 Å². The molecule has 0 amide bonds. The van der Waals surface area contributed by atoms with Gasteiger partial charge in [-0.25, -0.2) is 0 Å². The Morgan fingerprint density at radius 1 is 1.20 bits per heavy atom. The Morgan fingerprint density at radius 2 is 1.73 bits per heavy atom. The first-order chi connectivity index (χ1) is 6.93. The largest absolute Gasteiger partial charge is 0.375 e. The van der Waals surface area contributed by atoms with Gasteiger partial charge < -0.3 is 4.74 Å². The fourth-order valence-electron chi connectivity index (χ4n) is 2.82. The monoisotopic (exact) mass is 232 g/mol. The van der Waals surface area contributed by atoms with Gasteiger partial charge in [-0.2, -0.15) is 0 Å².